The number of fused-ring (bicyclic) bond motifs is 1. The lowest BCUT2D eigenvalue weighted by Crippen LogP contribution is -2.48. The zero-order valence-corrected chi connectivity index (χ0v) is 34.3. The fourth-order valence-corrected chi connectivity index (χ4v) is 12.0. The average Bonchev–Trinajstić information content (AvgIpc) is 3.76. The third-order valence-corrected chi connectivity index (χ3v) is 14.6. The highest BCUT2D eigenvalue weighted by Gasteiger charge is 2.51. The molecular formula is C41H49N11O3S2. The van der Waals surface area contributed by atoms with Crippen molar-refractivity contribution >= 4 is 68.1 Å². The standard InChI is InChI=1S/C41H49N11O3S2/c1-24-13-34(47-48-37(24)46-40-44-32-5-4-10-42-39(32)57-40)50(3)33-7-6-30(36(45-33)38(55)49-56-22-26-8-11-51(12-9-26)21-35(53)54)31-20-43-52(25(31)2)23-41-17-27-14-28(18-41)16-29(15-27)19-41/h4-7,10,13,20,26-29H,8-9,11-12,14-19,21-23H2,1-3H3,(H,49,55)(H,53,54)(H,44,46,48). The van der Waals surface area contributed by atoms with Crippen LogP contribution in [0.3, 0.4) is 0 Å². The number of aliphatic carboxylic acids is 1. The first kappa shape index (κ1) is 37.9. The molecule has 298 valence electrons. The molecule has 1 saturated heterocycles. The molecule has 0 atom stereocenters. The minimum absolute atomic E-state index is 0.0721. The number of carboxylic acids is 1. The van der Waals surface area contributed by atoms with E-state index in [2.05, 4.69) is 41.8 Å². The van der Waals surface area contributed by atoms with E-state index in [1.54, 1.807) is 6.20 Å². The van der Waals surface area contributed by atoms with E-state index in [4.69, 9.17) is 10.1 Å². The Morgan fingerprint density at radius 1 is 1.00 bits per heavy atom. The Labute approximate surface area is 340 Å². The summed E-state index contributed by atoms with van der Waals surface area (Å²) in [7, 11) is 1.87. The maximum atomic E-state index is 14.2. The summed E-state index contributed by atoms with van der Waals surface area (Å²) < 4.78 is 5.29. The first-order valence-electron chi connectivity index (χ1n) is 20.0. The highest BCUT2D eigenvalue weighted by Crippen LogP contribution is 2.60. The van der Waals surface area contributed by atoms with Gasteiger partial charge in [-0.05, 0) is 155 Å². The van der Waals surface area contributed by atoms with E-state index in [0.29, 0.717) is 39.6 Å². The number of nitrogens with zero attached hydrogens (tertiary/aromatic N) is 9. The molecule has 1 amide bonds. The van der Waals surface area contributed by atoms with Crippen LogP contribution in [-0.4, -0.2) is 89.2 Å². The van der Waals surface area contributed by atoms with Gasteiger partial charge >= 0.3 is 5.97 Å². The Morgan fingerprint density at radius 2 is 1.75 bits per heavy atom. The molecule has 16 heteroatoms. The SMILES string of the molecule is Cc1cc(N(C)c2ccc(-c3cnn(CC45CC6CC(CC(C6)C4)C5)c3C)c(C(=O)NSCC3CCN(CC(=O)O)CC3)n2)nnc1Nc1nc2cccnc2s1. The van der Waals surface area contributed by atoms with E-state index in [9.17, 15) is 14.7 Å². The van der Waals surface area contributed by atoms with E-state index in [0.717, 1.165) is 88.7 Å². The monoisotopic (exact) mass is 807 g/mol. The number of hydrogen-bond donors (Lipinski definition) is 3. The van der Waals surface area contributed by atoms with Gasteiger partial charge in [0.05, 0.1) is 12.7 Å². The maximum absolute atomic E-state index is 14.2. The van der Waals surface area contributed by atoms with Crippen LogP contribution < -0.4 is 14.9 Å². The number of piperidine rings is 1. The summed E-state index contributed by atoms with van der Waals surface area (Å²) in [4.78, 5) is 44.0. The molecule has 5 aromatic heterocycles. The number of thiazole rings is 1. The largest absolute Gasteiger partial charge is 0.480 e. The molecule has 4 bridgehead atoms. The van der Waals surface area contributed by atoms with Gasteiger partial charge in [-0.1, -0.05) is 11.3 Å². The number of aromatic nitrogens is 7. The van der Waals surface area contributed by atoms with Crippen molar-refractivity contribution in [2.24, 2.45) is 29.1 Å². The molecule has 10 rings (SSSR count). The molecule has 0 unspecified atom stereocenters. The van der Waals surface area contributed by atoms with Crippen LogP contribution in [0.25, 0.3) is 21.5 Å². The normalized spacial score (nSPS) is 23.2. The van der Waals surface area contributed by atoms with Crippen molar-refractivity contribution in [2.75, 3.05) is 42.7 Å². The molecule has 4 saturated carbocycles. The van der Waals surface area contributed by atoms with Gasteiger partial charge in [-0.25, -0.2) is 15.0 Å². The summed E-state index contributed by atoms with van der Waals surface area (Å²) in [5.74, 6) is 4.40. The highest BCUT2D eigenvalue weighted by molar-refractivity contribution is 7.97. The van der Waals surface area contributed by atoms with Gasteiger partial charge in [0, 0.05) is 42.4 Å². The van der Waals surface area contributed by atoms with Gasteiger partial charge in [0.1, 0.15) is 21.9 Å². The van der Waals surface area contributed by atoms with Crippen molar-refractivity contribution in [3.63, 3.8) is 0 Å². The molecule has 0 spiro atoms. The number of pyridine rings is 2. The second-order valence-electron chi connectivity index (χ2n) is 16.9. The number of carboxylic acid groups (broad SMARTS) is 1. The topological polar surface area (TPSA) is 167 Å². The van der Waals surface area contributed by atoms with Gasteiger partial charge < -0.3 is 15.3 Å². The lowest BCUT2D eigenvalue weighted by Gasteiger charge is -2.56. The second-order valence-corrected chi connectivity index (χ2v) is 18.7. The highest BCUT2D eigenvalue weighted by atomic mass is 32.2. The fraction of sp³-hybridized carbons (Fsp3) is 0.512. The summed E-state index contributed by atoms with van der Waals surface area (Å²) in [6, 6.07) is 9.64. The second kappa shape index (κ2) is 15.6. The summed E-state index contributed by atoms with van der Waals surface area (Å²) in [5.41, 5.74) is 5.06. The van der Waals surface area contributed by atoms with Crippen molar-refractivity contribution in [1.82, 2.24) is 44.6 Å². The third kappa shape index (κ3) is 7.95. The maximum Gasteiger partial charge on any atom is 0.317 e. The predicted octanol–water partition coefficient (Wildman–Crippen LogP) is 7.26. The lowest BCUT2D eigenvalue weighted by atomic mass is 9.49. The zero-order chi connectivity index (χ0) is 39.3. The van der Waals surface area contributed by atoms with Crippen LogP contribution in [0.1, 0.15) is 73.1 Å². The zero-order valence-electron chi connectivity index (χ0n) is 32.6. The van der Waals surface area contributed by atoms with E-state index in [1.807, 2.05) is 60.3 Å². The Hall–Kier alpha value is -4.67. The van der Waals surface area contributed by atoms with E-state index in [-0.39, 0.29) is 12.5 Å². The molecule has 4 aliphatic carbocycles. The molecule has 0 radical (unpaired) electrons. The molecule has 3 N–H and O–H groups in total. The van der Waals surface area contributed by atoms with Crippen LogP contribution in [-0.2, 0) is 11.3 Å². The summed E-state index contributed by atoms with van der Waals surface area (Å²) in [5, 5.41) is 27.1. The quantitative estimate of drug-likeness (QED) is 0.102. The van der Waals surface area contributed by atoms with Gasteiger partial charge in [-0.3, -0.25) is 23.9 Å². The number of aryl methyl sites for hydroxylation is 1. The third-order valence-electron chi connectivity index (χ3n) is 12.7. The summed E-state index contributed by atoms with van der Waals surface area (Å²) in [6.07, 6.45) is 13.6. The molecule has 57 heavy (non-hydrogen) atoms. The van der Waals surface area contributed by atoms with Crippen LogP contribution in [0.4, 0.5) is 22.6 Å². The predicted molar refractivity (Wildman–Crippen MR) is 223 cm³/mol. The van der Waals surface area contributed by atoms with E-state index >= 15 is 0 Å². The van der Waals surface area contributed by atoms with Gasteiger partial charge in [0.2, 0.25) is 0 Å². The lowest BCUT2D eigenvalue weighted by molar-refractivity contribution is -0.138. The first-order chi connectivity index (χ1) is 27.6. The Kier molecular flexibility index (Phi) is 10.4. The molecular weight excluding hydrogens is 759 g/mol. The molecule has 0 aromatic carbocycles. The van der Waals surface area contributed by atoms with Gasteiger partial charge in [0.25, 0.3) is 5.91 Å². The number of amides is 1. The number of nitrogens with one attached hydrogen (secondary N) is 2. The van der Waals surface area contributed by atoms with Crippen LogP contribution in [0.2, 0.25) is 0 Å². The van der Waals surface area contributed by atoms with Crippen LogP contribution in [0.15, 0.2) is 42.7 Å². The Morgan fingerprint density at radius 3 is 2.46 bits per heavy atom. The number of carbonyl (C=O) groups excluding carboxylic acids is 1. The van der Waals surface area contributed by atoms with Gasteiger partial charge in [-0.2, -0.15) is 5.10 Å². The number of anilines is 4. The fourth-order valence-electron chi connectivity index (χ4n) is 10.3. The Balaban J connectivity index is 0.951. The minimum Gasteiger partial charge on any atom is -0.480 e. The van der Waals surface area contributed by atoms with Crippen molar-refractivity contribution in [2.45, 2.75) is 71.8 Å². The summed E-state index contributed by atoms with van der Waals surface area (Å²) in [6.45, 7) is 6.58. The van der Waals surface area contributed by atoms with Crippen molar-refractivity contribution < 1.29 is 14.7 Å². The molecule has 5 fully saturated rings. The van der Waals surface area contributed by atoms with E-state index < -0.39 is 5.97 Å². The number of likely N-dealkylation sites (tertiary alicyclic amines) is 1. The van der Waals surface area contributed by atoms with Crippen molar-refractivity contribution in [3.8, 4) is 11.1 Å². The van der Waals surface area contributed by atoms with Gasteiger partial charge in [0.15, 0.2) is 16.8 Å². The smallest absolute Gasteiger partial charge is 0.317 e. The van der Waals surface area contributed by atoms with Gasteiger partial charge in [-0.15, -0.1) is 10.2 Å². The van der Waals surface area contributed by atoms with Crippen molar-refractivity contribution in [1.29, 1.82) is 0 Å². The molecule has 5 aliphatic rings. The minimum atomic E-state index is -0.797. The van der Waals surface area contributed by atoms with Crippen molar-refractivity contribution in [3.05, 3.63) is 59.7 Å². The molecule has 6 heterocycles. The van der Waals surface area contributed by atoms with E-state index in [1.165, 1.54) is 61.8 Å². The van der Waals surface area contributed by atoms with Crippen LogP contribution in [0, 0.1) is 42.9 Å². The first-order valence-corrected chi connectivity index (χ1v) is 21.8. The van der Waals surface area contributed by atoms with Crippen LogP contribution >= 0.6 is 23.3 Å². The molecule has 14 nitrogen and oxygen atoms in total. The number of hydrogen-bond acceptors (Lipinski definition) is 13. The number of carbonyl (C=O) groups is 2. The Bertz CT molecular complexity index is 2230. The average molecular weight is 808 g/mol. The molecule has 1 aliphatic heterocycles. The number of rotatable bonds is 13. The summed E-state index contributed by atoms with van der Waals surface area (Å²) >= 11 is 2.85. The molecule has 5 aromatic rings. The van der Waals surface area contributed by atoms with Crippen LogP contribution in [0.5, 0.6) is 0 Å².